The predicted octanol–water partition coefficient (Wildman–Crippen LogP) is -0.158. The van der Waals surface area contributed by atoms with E-state index in [1.165, 1.54) is 0 Å². The monoisotopic (exact) mass is 289 g/mol. The minimum absolute atomic E-state index is 0.0163. The topological polar surface area (TPSA) is 90.7 Å². The van der Waals surface area contributed by atoms with E-state index >= 15 is 0 Å². The Bertz CT molecular complexity index is 589. The number of nitrogens with zero attached hydrogens (tertiary/aromatic N) is 2. The molecule has 0 saturated carbocycles. The van der Waals surface area contributed by atoms with Gasteiger partial charge in [-0.2, -0.15) is 0 Å². The van der Waals surface area contributed by atoms with Crippen molar-refractivity contribution >= 4 is 23.3 Å². The van der Waals surface area contributed by atoms with Crippen LogP contribution in [0.15, 0.2) is 18.2 Å². The maximum atomic E-state index is 11.6. The molecular weight excluding hydrogens is 270 g/mol. The van der Waals surface area contributed by atoms with Gasteiger partial charge in [-0.3, -0.25) is 4.79 Å². The van der Waals surface area contributed by atoms with Crippen molar-refractivity contribution in [3.05, 3.63) is 23.8 Å². The highest BCUT2D eigenvalue weighted by molar-refractivity contribution is 5.96. The van der Waals surface area contributed by atoms with E-state index < -0.39 is 0 Å². The number of nitrogen functional groups attached to an aromatic ring is 1. The molecule has 2 fully saturated rings. The first-order chi connectivity index (χ1) is 10.1. The molecule has 1 aromatic rings. The molecule has 7 nitrogen and oxygen atoms in total. The largest absolute Gasteiger partial charge is 0.397 e. The molecule has 0 spiro atoms. The number of carbonyl (C=O) groups excluding carboxylic acids is 2. The SMILES string of the molecule is CNC(=O)c1ccc(N2CCN3C(=O)NCC3C2)c(N)c1. The van der Waals surface area contributed by atoms with Gasteiger partial charge in [-0.15, -0.1) is 0 Å². The molecular formula is C14H19N5O2. The van der Waals surface area contributed by atoms with Crippen molar-refractivity contribution in [1.29, 1.82) is 0 Å². The number of rotatable bonds is 2. The number of fused-ring (bicyclic) bond motifs is 1. The quantitative estimate of drug-likeness (QED) is 0.660. The van der Waals surface area contributed by atoms with Crippen molar-refractivity contribution in [3.63, 3.8) is 0 Å². The van der Waals surface area contributed by atoms with Gasteiger partial charge in [0, 0.05) is 38.8 Å². The van der Waals surface area contributed by atoms with Crippen molar-refractivity contribution in [2.75, 3.05) is 43.9 Å². The number of nitrogens with two attached hydrogens (primary N) is 1. The van der Waals surface area contributed by atoms with Crippen LogP contribution < -0.4 is 21.3 Å². The molecule has 0 aromatic heterocycles. The van der Waals surface area contributed by atoms with Crippen molar-refractivity contribution in [2.24, 2.45) is 0 Å². The zero-order valence-corrected chi connectivity index (χ0v) is 11.9. The summed E-state index contributed by atoms with van der Waals surface area (Å²) in [7, 11) is 1.59. The van der Waals surface area contributed by atoms with Gasteiger partial charge in [-0.25, -0.2) is 4.79 Å². The standard InChI is InChI=1S/C14H19N5O2/c1-16-13(20)9-2-3-12(11(15)6-9)18-4-5-19-10(8-18)7-17-14(19)21/h2-3,6,10H,4-5,7-8,15H2,1H3,(H,16,20)(H,17,21). The number of amides is 3. The van der Waals surface area contributed by atoms with E-state index in [2.05, 4.69) is 15.5 Å². The Morgan fingerprint density at radius 2 is 2.24 bits per heavy atom. The summed E-state index contributed by atoms with van der Waals surface area (Å²) in [6.45, 7) is 2.86. The summed E-state index contributed by atoms with van der Waals surface area (Å²) in [5.41, 5.74) is 8.15. The molecule has 2 heterocycles. The minimum Gasteiger partial charge on any atom is -0.397 e. The van der Waals surface area contributed by atoms with Gasteiger partial charge >= 0.3 is 6.03 Å². The third-order valence-electron chi connectivity index (χ3n) is 4.09. The van der Waals surface area contributed by atoms with Gasteiger partial charge < -0.3 is 26.2 Å². The number of urea groups is 1. The lowest BCUT2D eigenvalue weighted by Crippen LogP contribution is -2.52. The zero-order chi connectivity index (χ0) is 15.0. The molecule has 1 atom stereocenters. The molecule has 1 unspecified atom stereocenters. The lowest BCUT2D eigenvalue weighted by Gasteiger charge is -2.38. The van der Waals surface area contributed by atoms with Crippen LogP contribution >= 0.6 is 0 Å². The van der Waals surface area contributed by atoms with Crippen molar-refractivity contribution < 1.29 is 9.59 Å². The zero-order valence-electron chi connectivity index (χ0n) is 11.9. The normalized spacial score (nSPS) is 21.0. The molecule has 2 saturated heterocycles. The van der Waals surface area contributed by atoms with Crippen molar-refractivity contribution in [3.8, 4) is 0 Å². The Hall–Kier alpha value is -2.44. The van der Waals surface area contributed by atoms with Crippen LogP contribution in [-0.2, 0) is 0 Å². The fourth-order valence-electron chi connectivity index (χ4n) is 2.95. The molecule has 21 heavy (non-hydrogen) atoms. The fraction of sp³-hybridized carbons (Fsp3) is 0.429. The van der Waals surface area contributed by atoms with Crippen LogP contribution in [-0.4, -0.2) is 56.1 Å². The van der Waals surface area contributed by atoms with E-state index in [0.717, 1.165) is 18.8 Å². The maximum Gasteiger partial charge on any atom is 0.317 e. The Morgan fingerprint density at radius 1 is 1.43 bits per heavy atom. The second-order valence-electron chi connectivity index (χ2n) is 5.33. The number of nitrogens with one attached hydrogen (secondary N) is 2. The highest BCUT2D eigenvalue weighted by atomic mass is 16.2. The number of hydrogen-bond donors (Lipinski definition) is 3. The number of carbonyl (C=O) groups is 2. The molecule has 3 amide bonds. The molecule has 2 aliphatic heterocycles. The van der Waals surface area contributed by atoms with Gasteiger partial charge in [0.15, 0.2) is 0 Å². The van der Waals surface area contributed by atoms with E-state index in [1.807, 2.05) is 11.0 Å². The fourth-order valence-corrected chi connectivity index (χ4v) is 2.95. The predicted molar refractivity (Wildman–Crippen MR) is 80.4 cm³/mol. The van der Waals surface area contributed by atoms with Crippen LogP contribution in [0.2, 0.25) is 0 Å². The van der Waals surface area contributed by atoms with Gasteiger partial charge in [0.1, 0.15) is 0 Å². The minimum atomic E-state index is -0.149. The molecule has 0 aliphatic carbocycles. The van der Waals surface area contributed by atoms with Gasteiger partial charge in [0.2, 0.25) is 0 Å². The summed E-state index contributed by atoms with van der Waals surface area (Å²) in [4.78, 5) is 27.2. The third-order valence-corrected chi connectivity index (χ3v) is 4.09. The van der Waals surface area contributed by atoms with E-state index in [4.69, 9.17) is 5.73 Å². The Balaban J connectivity index is 1.78. The van der Waals surface area contributed by atoms with Crippen LogP contribution in [0.4, 0.5) is 16.2 Å². The summed E-state index contributed by atoms with van der Waals surface area (Å²) >= 11 is 0. The Morgan fingerprint density at radius 3 is 2.95 bits per heavy atom. The summed E-state index contributed by atoms with van der Waals surface area (Å²) in [5, 5.41) is 5.44. The lowest BCUT2D eigenvalue weighted by atomic mass is 10.1. The van der Waals surface area contributed by atoms with Gasteiger partial charge in [-0.05, 0) is 18.2 Å². The molecule has 112 valence electrons. The van der Waals surface area contributed by atoms with Crippen LogP contribution in [0.3, 0.4) is 0 Å². The maximum absolute atomic E-state index is 11.6. The summed E-state index contributed by atoms with van der Waals surface area (Å²) in [6.07, 6.45) is 0. The van der Waals surface area contributed by atoms with Crippen LogP contribution in [0.5, 0.6) is 0 Å². The highest BCUT2D eigenvalue weighted by Crippen LogP contribution is 2.27. The molecule has 3 rings (SSSR count). The first-order valence-corrected chi connectivity index (χ1v) is 7.01. The number of anilines is 2. The Labute approximate surface area is 123 Å². The van der Waals surface area contributed by atoms with Gasteiger partial charge in [0.25, 0.3) is 5.91 Å². The molecule has 4 N–H and O–H groups in total. The van der Waals surface area contributed by atoms with E-state index in [0.29, 0.717) is 24.3 Å². The van der Waals surface area contributed by atoms with Gasteiger partial charge in [-0.1, -0.05) is 0 Å². The molecule has 1 aromatic carbocycles. The average molecular weight is 289 g/mol. The first kappa shape index (κ1) is 13.5. The van der Waals surface area contributed by atoms with Crippen LogP contribution in [0.1, 0.15) is 10.4 Å². The Kier molecular flexibility index (Phi) is 3.32. The highest BCUT2D eigenvalue weighted by Gasteiger charge is 2.35. The molecule has 0 bridgehead atoms. The number of hydrogen-bond acceptors (Lipinski definition) is 4. The van der Waals surface area contributed by atoms with Crippen molar-refractivity contribution in [1.82, 2.24) is 15.5 Å². The summed E-state index contributed by atoms with van der Waals surface area (Å²) < 4.78 is 0. The van der Waals surface area contributed by atoms with Crippen molar-refractivity contribution in [2.45, 2.75) is 6.04 Å². The summed E-state index contributed by atoms with van der Waals surface area (Å²) in [6, 6.07) is 5.54. The van der Waals surface area contributed by atoms with Crippen LogP contribution in [0.25, 0.3) is 0 Å². The average Bonchev–Trinajstić information content (AvgIpc) is 2.87. The molecule has 0 radical (unpaired) electrons. The second-order valence-corrected chi connectivity index (χ2v) is 5.33. The number of piperazine rings is 1. The third kappa shape index (κ3) is 2.35. The summed E-state index contributed by atoms with van der Waals surface area (Å²) in [5.74, 6) is -0.149. The van der Waals surface area contributed by atoms with E-state index in [9.17, 15) is 9.59 Å². The first-order valence-electron chi connectivity index (χ1n) is 7.01. The van der Waals surface area contributed by atoms with Gasteiger partial charge in [0.05, 0.1) is 17.4 Å². The molecule has 2 aliphatic rings. The van der Waals surface area contributed by atoms with E-state index in [-0.39, 0.29) is 18.0 Å². The molecule has 7 heteroatoms. The smallest absolute Gasteiger partial charge is 0.317 e. The second kappa shape index (κ2) is 5.16. The lowest BCUT2D eigenvalue weighted by molar-refractivity contribution is 0.0963. The van der Waals surface area contributed by atoms with Crippen LogP contribution in [0, 0.1) is 0 Å². The number of benzene rings is 1. The van der Waals surface area contributed by atoms with E-state index in [1.54, 1.807) is 19.2 Å².